The van der Waals surface area contributed by atoms with Crippen molar-refractivity contribution in [2.45, 2.75) is 44.6 Å². The molecule has 28 heavy (non-hydrogen) atoms. The molecule has 0 unspecified atom stereocenters. The van der Waals surface area contributed by atoms with Crippen molar-refractivity contribution in [2.24, 2.45) is 4.99 Å². The van der Waals surface area contributed by atoms with Gasteiger partial charge < -0.3 is 15.0 Å². The predicted octanol–water partition coefficient (Wildman–Crippen LogP) is 4.15. The molecule has 0 bridgehead atoms. The molecule has 1 atom stereocenters. The van der Waals surface area contributed by atoms with Crippen LogP contribution in [0.1, 0.15) is 49.7 Å². The molecule has 6 nitrogen and oxygen atoms in total. The maximum atomic E-state index is 5.57. The zero-order valence-electron chi connectivity index (χ0n) is 16.8. The fourth-order valence-electron chi connectivity index (χ4n) is 4.16. The molecule has 4 heterocycles. The summed E-state index contributed by atoms with van der Waals surface area (Å²) in [6.07, 6.45) is 8.22. The number of nitrogens with zero attached hydrogens (tertiary/aromatic N) is 4. The van der Waals surface area contributed by atoms with Crippen LogP contribution in [0.4, 0.5) is 17.5 Å². The van der Waals surface area contributed by atoms with Crippen molar-refractivity contribution in [3.8, 4) is 0 Å². The van der Waals surface area contributed by atoms with Crippen LogP contribution < -0.4 is 10.2 Å². The van der Waals surface area contributed by atoms with Gasteiger partial charge in [-0.15, -0.1) is 0 Å². The van der Waals surface area contributed by atoms with Crippen LogP contribution >= 0.6 is 0 Å². The molecular weight excluding hydrogens is 350 g/mol. The van der Waals surface area contributed by atoms with Gasteiger partial charge >= 0.3 is 0 Å². The molecule has 2 aromatic rings. The Bertz CT molecular complexity index is 831. The minimum absolute atomic E-state index is 0.528. The van der Waals surface area contributed by atoms with E-state index in [0.717, 1.165) is 55.6 Å². The lowest BCUT2D eigenvalue weighted by atomic mass is 9.92. The summed E-state index contributed by atoms with van der Waals surface area (Å²) in [6, 6.07) is 8.95. The molecule has 0 amide bonds. The normalized spacial score (nSPS) is 20.8. The second-order valence-electron chi connectivity index (χ2n) is 7.70. The Kier molecular flexibility index (Phi) is 5.86. The van der Waals surface area contributed by atoms with Gasteiger partial charge in [0, 0.05) is 45.3 Å². The van der Waals surface area contributed by atoms with Crippen LogP contribution in [-0.2, 0) is 4.74 Å². The van der Waals surface area contributed by atoms with E-state index in [0.29, 0.717) is 12.0 Å². The molecule has 0 aromatic carbocycles. The number of ether oxygens (including phenoxy) is 1. The number of anilines is 3. The third kappa shape index (κ3) is 4.33. The molecular formula is C22H29N5O. The molecule has 6 heteroatoms. The summed E-state index contributed by atoms with van der Waals surface area (Å²) in [5.41, 5.74) is 2.37. The fraction of sp³-hybridized carbons (Fsp3) is 0.500. The van der Waals surface area contributed by atoms with Crippen LogP contribution in [0.2, 0.25) is 0 Å². The maximum Gasteiger partial charge on any atom is 0.134 e. The van der Waals surface area contributed by atoms with E-state index in [1.807, 2.05) is 18.3 Å². The second-order valence-corrected chi connectivity index (χ2v) is 7.70. The van der Waals surface area contributed by atoms with Gasteiger partial charge in [-0.25, -0.2) is 9.97 Å². The second kappa shape index (κ2) is 8.69. The van der Waals surface area contributed by atoms with Crippen LogP contribution in [0.25, 0.3) is 0 Å². The average molecular weight is 380 g/mol. The number of aromatic nitrogens is 2. The first-order chi connectivity index (χ1) is 13.7. The smallest absolute Gasteiger partial charge is 0.134 e. The van der Waals surface area contributed by atoms with Crippen molar-refractivity contribution in [2.75, 3.05) is 37.0 Å². The first kappa shape index (κ1) is 18.9. The van der Waals surface area contributed by atoms with Crippen molar-refractivity contribution in [3.63, 3.8) is 0 Å². The van der Waals surface area contributed by atoms with Gasteiger partial charge in [0.25, 0.3) is 0 Å². The molecule has 0 saturated carbocycles. The highest BCUT2D eigenvalue weighted by molar-refractivity contribution is 5.80. The zero-order chi connectivity index (χ0) is 19.3. The molecule has 4 rings (SSSR count). The largest absolute Gasteiger partial charge is 0.381 e. The summed E-state index contributed by atoms with van der Waals surface area (Å²) in [7, 11) is 1.77. The van der Waals surface area contributed by atoms with Gasteiger partial charge in [0.1, 0.15) is 17.5 Å². The highest BCUT2D eigenvalue weighted by atomic mass is 16.5. The van der Waals surface area contributed by atoms with Gasteiger partial charge in [0.15, 0.2) is 0 Å². The Labute approximate surface area is 167 Å². The summed E-state index contributed by atoms with van der Waals surface area (Å²) in [5, 5.41) is 3.42. The fourth-order valence-corrected chi connectivity index (χ4v) is 4.16. The van der Waals surface area contributed by atoms with E-state index in [4.69, 9.17) is 9.72 Å². The van der Waals surface area contributed by atoms with E-state index >= 15 is 0 Å². The molecule has 2 aromatic heterocycles. The third-order valence-corrected chi connectivity index (χ3v) is 5.69. The first-order valence-electron chi connectivity index (χ1n) is 10.2. The topological polar surface area (TPSA) is 62.6 Å². The number of aliphatic imine (C=N–C) groups is 1. The van der Waals surface area contributed by atoms with Gasteiger partial charge in [-0.1, -0.05) is 0 Å². The minimum Gasteiger partial charge on any atom is -0.381 e. The standard InChI is InChI=1S/C22H29N5O/c1-16-4-3-9-27(16)22-14-19(18-6-10-28-11-7-18)13-21(26-22)25-20-12-17(15-23-2)5-8-24-20/h5,8,12-16,18H,3-4,6-7,9-11H2,1-2H3,(H,24,25,26)/t16-/m1/s1. The monoisotopic (exact) mass is 379 g/mol. The van der Waals surface area contributed by atoms with E-state index in [1.54, 1.807) is 13.2 Å². The molecule has 0 spiro atoms. The van der Waals surface area contributed by atoms with E-state index in [1.165, 1.54) is 18.4 Å². The minimum atomic E-state index is 0.528. The molecule has 0 radical (unpaired) electrons. The summed E-state index contributed by atoms with van der Waals surface area (Å²) < 4.78 is 5.57. The summed E-state index contributed by atoms with van der Waals surface area (Å²) in [6.45, 7) is 5.04. The molecule has 148 valence electrons. The van der Waals surface area contributed by atoms with Crippen molar-refractivity contribution >= 4 is 23.7 Å². The molecule has 2 aliphatic heterocycles. The zero-order valence-corrected chi connectivity index (χ0v) is 16.8. The lowest BCUT2D eigenvalue weighted by molar-refractivity contribution is 0.0853. The van der Waals surface area contributed by atoms with Crippen molar-refractivity contribution in [1.29, 1.82) is 0 Å². The van der Waals surface area contributed by atoms with Crippen molar-refractivity contribution < 1.29 is 4.74 Å². The Morgan fingerprint density at radius 1 is 1.18 bits per heavy atom. The van der Waals surface area contributed by atoms with Gasteiger partial charge in [-0.3, -0.25) is 4.99 Å². The quantitative estimate of drug-likeness (QED) is 0.791. The van der Waals surface area contributed by atoms with Crippen LogP contribution in [-0.4, -0.2) is 49.0 Å². The molecule has 2 aliphatic rings. The number of pyridine rings is 2. The van der Waals surface area contributed by atoms with Gasteiger partial charge in [-0.05, 0) is 73.9 Å². The van der Waals surface area contributed by atoms with Gasteiger partial charge in [0.2, 0.25) is 0 Å². The summed E-state index contributed by atoms with van der Waals surface area (Å²) >= 11 is 0. The van der Waals surface area contributed by atoms with Crippen LogP contribution in [0, 0.1) is 0 Å². The summed E-state index contributed by atoms with van der Waals surface area (Å²) in [5.74, 6) is 3.24. The molecule has 2 saturated heterocycles. The molecule has 2 fully saturated rings. The first-order valence-corrected chi connectivity index (χ1v) is 10.2. The average Bonchev–Trinajstić information content (AvgIpc) is 3.15. The third-order valence-electron chi connectivity index (χ3n) is 5.69. The van der Waals surface area contributed by atoms with Crippen LogP contribution in [0.15, 0.2) is 35.5 Å². The SMILES string of the molecule is CN=Cc1ccnc(Nc2cc(C3CCOCC3)cc(N3CCC[C@H]3C)n2)c1. The van der Waals surface area contributed by atoms with E-state index in [2.05, 4.69) is 39.2 Å². The van der Waals surface area contributed by atoms with Gasteiger partial charge in [0.05, 0.1) is 0 Å². The van der Waals surface area contributed by atoms with Crippen LogP contribution in [0.5, 0.6) is 0 Å². The van der Waals surface area contributed by atoms with E-state index in [-0.39, 0.29) is 0 Å². The number of nitrogens with one attached hydrogen (secondary N) is 1. The van der Waals surface area contributed by atoms with Gasteiger partial charge in [-0.2, -0.15) is 0 Å². The van der Waals surface area contributed by atoms with E-state index < -0.39 is 0 Å². The number of hydrogen-bond donors (Lipinski definition) is 1. The Morgan fingerprint density at radius 2 is 2.04 bits per heavy atom. The summed E-state index contributed by atoms with van der Waals surface area (Å²) in [4.78, 5) is 15.9. The number of hydrogen-bond acceptors (Lipinski definition) is 6. The predicted molar refractivity (Wildman–Crippen MR) is 114 cm³/mol. The Balaban J connectivity index is 1.65. The van der Waals surface area contributed by atoms with E-state index in [9.17, 15) is 0 Å². The van der Waals surface area contributed by atoms with Crippen LogP contribution in [0.3, 0.4) is 0 Å². The Hall–Kier alpha value is -2.47. The van der Waals surface area contributed by atoms with Crippen molar-refractivity contribution in [1.82, 2.24) is 9.97 Å². The highest BCUT2D eigenvalue weighted by Gasteiger charge is 2.24. The Morgan fingerprint density at radius 3 is 2.79 bits per heavy atom. The highest BCUT2D eigenvalue weighted by Crippen LogP contribution is 2.33. The molecule has 0 aliphatic carbocycles. The lowest BCUT2D eigenvalue weighted by Gasteiger charge is -2.27. The number of rotatable bonds is 5. The van der Waals surface area contributed by atoms with Crippen molar-refractivity contribution in [3.05, 3.63) is 41.6 Å². The molecule has 1 N–H and O–H groups in total. The lowest BCUT2D eigenvalue weighted by Crippen LogP contribution is -2.27. The maximum absolute atomic E-state index is 5.57.